The predicted octanol–water partition coefficient (Wildman–Crippen LogP) is 0.369. The fourth-order valence-electron chi connectivity index (χ4n) is 2.76. The highest BCUT2D eigenvalue weighted by molar-refractivity contribution is 5.39. The molecule has 0 aliphatic carbocycles. The van der Waals surface area contributed by atoms with Crippen LogP contribution < -0.4 is 5.32 Å². The summed E-state index contributed by atoms with van der Waals surface area (Å²) >= 11 is 0. The largest absolute Gasteiger partial charge is 0.311 e. The average Bonchev–Trinajstić information content (AvgIpc) is 3.00. The van der Waals surface area contributed by atoms with Crippen LogP contribution in [0, 0.1) is 11.3 Å². The minimum Gasteiger partial charge on any atom is -0.311 e. The second-order valence-corrected chi connectivity index (χ2v) is 5.65. The fraction of sp³-hybridized carbons (Fsp3) is 0.467. The summed E-state index contributed by atoms with van der Waals surface area (Å²) in [6.45, 7) is 4.24. The first kappa shape index (κ1) is 14.6. The Kier molecular flexibility index (Phi) is 4.13. The van der Waals surface area contributed by atoms with Gasteiger partial charge in [0.2, 0.25) is 0 Å². The number of benzene rings is 1. The van der Waals surface area contributed by atoms with E-state index in [1.807, 2.05) is 12.1 Å². The molecule has 1 aromatic heterocycles. The maximum absolute atomic E-state index is 8.87. The molecule has 0 bridgehead atoms. The second-order valence-electron chi connectivity index (χ2n) is 5.65. The van der Waals surface area contributed by atoms with Gasteiger partial charge in [0, 0.05) is 31.6 Å². The maximum atomic E-state index is 8.87. The van der Waals surface area contributed by atoms with Crippen LogP contribution in [-0.4, -0.2) is 57.3 Å². The summed E-state index contributed by atoms with van der Waals surface area (Å²) in [4.78, 5) is 2.34. The zero-order chi connectivity index (χ0) is 15.5. The Hall–Kier alpha value is -2.30. The van der Waals surface area contributed by atoms with Crippen LogP contribution in [0.4, 0.5) is 0 Å². The van der Waals surface area contributed by atoms with Crippen molar-refractivity contribution in [3.63, 3.8) is 0 Å². The minimum absolute atomic E-state index is 0.321. The van der Waals surface area contributed by atoms with Crippen LogP contribution in [-0.2, 0) is 6.42 Å². The molecule has 3 rings (SSSR count). The molecule has 1 aromatic carbocycles. The average molecular weight is 297 g/mol. The van der Waals surface area contributed by atoms with Crippen molar-refractivity contribution in [2.45, 2.75) is 25.4 Å². The molecule has 2 atom stereocenters. The molecule has 0 amide bonds. The number of hydrogen-bond acceptors (Lipinski definition) is 6. The number of aromatic nitrogens is 4. The number of nitrogens with zero attached hydrogens (tertiary/aromatic N) is 6. The van der Waals surface area contributed by atoms with E-state index in [2.05, 4.69) is 45.8 Å². The maximum Gasteiger partial charge on any atom is 0.158 e. The van der Waals surface area contributed by atoms with E-state index < -0.39 is 0 Å². The molecule has 1 aliphatic heterocycles. The highest BCUT2D eigenvalue weighted by Crippen LogP contribution is 2.14. The molecule has 2 heterocycles. The molecule has 114 valence electrons. The lowest BCUT2D eigenvalue weighted by atomic mass is 10.0. The zero-order valence-electron chi connectivity index (χ0n) is 12.8. The van der Waals surface area contributed by atoms with Crippen LogP contribution in [0.5, 0.6) is 0 Å². The van der Waals surface area contributed by atoms with E-state index in [9.17, 15) is 0 Å². The van der Waals surface area contributed by atoms with Crippen molar-refractivity contribution in [2.24, 2.45) is 0 Å². The summed E-state index contributed by atoms with van der Waals surface area (Å²) in [6.07, 6.45) is 0.762. The summed E-state index contributed by atoms with van der Waals surface area (Å²) in [6, 6.07) is 10.1. The standard InChI is InChI=1S/C15H19N7/c1-11-14(17-7-8-21(11)2)9-15-18-19-20-22(15)13-5-3-12(10-16)4-6-13/h3-6,11,14,17H,7-9H2,1-2H3. The SMILES string of the molecule is CC1C(Cc2nnnn2-c2ccc(C#N)cc2)NCCN1C. The lowest BCUT2D eigenvalue weighted by Gasteiger charge is -2.37. The first-order valence-electron chi connectivity index (χ1n) is 7.40. The molecule has 7 nitrogen and oxygen atoms in total. The highest BCUT2D eigenvalue weighted by atomic mass is 15.5. The third-order valence-electron chi connectivity index (χ3n) is 4.33. The number of hydrogen-bond donors (Lipinski definition) is 1. The first-order chi connectivity index (χ1) is 10.7. The molecular weight excluding hydrogens is 278 g/mol. The van der Waals surface area contributed by atoms with Gasteiger partial charge in [-0.3, -0.25) is 0 Å². The van der Waals surface area contributed by atoms with Crippen LogP contribution in [0.3, 0.4) is 0 Å². The van der Waals surface area contributed by atoms with Gasteiger partial charge in [0.15, 0.2) is 5.82 Å². The summed E-state index contributed by atoms with van der Waals surface area (Å²) < 4.78 is 1.74. The van der Waals surface area contributed by atoms with Crippen molar-refractivity contribution < 1.29 is 0 Å². The van der Waals surface area contributed by atoms with Crippen molar-refractivity contribution in [3.8, 4) is 11.8 Å². The lowest BCUT2D eigenvalue weighted by molar-refractivity contribution is 0.162. The molecule has 0 spiro atoms. The van der Waals surface area contributed by atoms with Crippen molar-refractivity contribution in [1.82, 2.24) is 30.4 Å². The van der Waals surface area contributed by atoms with Gasteiger partial charge in [-0.2, -0.15) is 9.94 Å². The van der Waals surface area contributed by atoms with Gasteiger partial charge < -0.3 is 10.2 Å². The van der Waals surface area contributed by atoms with Gasteiger partial charge in [0.1, 0.15) is 0 Å². The molecule has 22 heavy (non-hydrogen) atoms. The molecule has 7 heteroatoms. The van der Waals surface area contributed by atoms with E-state index in [1.54, 1.807) is 16.8 Å². The number of nitrogens with one attached hydrogen (secondary N) is 1. The van der Waals surface area contributed by atoms with Gasteiger partial charge in [-0.25, -0.2) is 0 Å². The normalized spacial score (nSPS) is 22.4. The quantitative estimate of drug-likeness (QED) is 0.881. The number of rotatable bonds is 3. The first-order valence-corrected chi connectivity index (χ1v) is 7.40. The lowest BCUT2D eigenvalue weighted by Crippen LogP contribution is -2.56. The number of piperazine rings is 1. The molecule has 1 N–H and O–H groups in total. The molecule has 1 saturated heterocycles. The summed E-state index contributed by atoms with van der Waals surface area (Å²) in [7, 11) is 2.14. The number of likely N-dealkylation sites (N-methyl/N-ethyl adjacent to an activating group) is 1. The third kappa shape index (κ3) is 2.84. The Labute approximate surface area is 129 Å². The van der Waals surface area contributed by atoms with Crippen LogP contribution in [0.2, 0.25) is 0 Å². The molecule has 0 saturated carbocycles. The topological polar surface area (TPSA) is 82.7 Å². The molecule has 0 radical (unpaired) electrons. The number of nitriles is 1. The fourth-order valence-corrected chi connectivity index (χ4v) is 2.76. The number of tetrazole rings is 1. The molecular formula is C15H19N7. The Morgan fingerprint density at radius 3 is 2.86 bits per heavy atom. The second kappa shape index (κ2) is 6.22. The van der Waals surface area contributed by atoms with E-state index in [4.69, 9.17) is 5.26 Å². The van der Waals surface area contributed by atoms with Gasteiger partial charge in [-0.05, 0) is 48.7 Å². The molecule has 2 aromatic rings. The van der Waals surface area contributed by atoms with Gasteiger partial charge in [-0.1, -0.05) is 0 Å². The Balaban J connectivity index is 1.81. The monoisotopic (exact) mass is 297 g/mol. The predicted molar refractivity (Wildman–Crippen MR) is 81.5 cm³/mol. The van der Waals surface area contributed by atoms with Crippen LogP contribution >= 0.6 is 0 Å². The van der Waals surface area contributed by atoms with Crippen molar-refractivity contribution >= 4 is 0 Å². The summed E-state index contributed by atoms with van der Waals surface area (Å²) in [5.41, 5.74) is 1.50. The van der Waals surface area contributed by atoms with E-state index in [0.717, 1.165) is 31.0 Å². The van der Waals surface area contributed by atoms with E-state index in [1.165, 1.54) is 0 Å². The van der Waals surface area contributed by atoms with E-state index in [-0.39, 0.29) is 0 Å². The Bertz CT molecular complexity index is 670. The summed E-state index contributed by atoms with van der Waals surface area (Å²) in [5.74, 6) is 0.823. The molecule has 1 aliphatic rings. The van der Waals surface area contributed by atoms with Gasteiger partial charge in [0.25, 0.3) is 0 Å². The molecule has 1 fully saturated rings. The van der Waals surface area contributed by atoms with Crippen LogP contribution in [0.1, 0.15) is 18.3 Å². The van der Waals surface area contributed by atoms with Crippen molar-refractivity contribution in [1.29, 1.82) is 5.26 Å². The molecule has 2 unspecified atom stereocenters. The van der Waals surface area contributed by atoms with E-state index in [0.29, 0.717) is 17.6 Å². The van der Waals surface area contributed by atoms with Crippen molar-refractivity contribution in [3.05, 3.63) is 35.7 Å². The van der Waals surface area contributed by atoms with Crippen molar-refractivity contribution in [2.75, 3.05) is 20.1 Å². The van der Waals surface area contributed by atoms with Gasteiger partial charge in [-0.15, -0.1) is 5.10 Å². The van der Waals surface area contributed by atoms with Crippen LogP contribution in [0.15, 0.2) is 24.3 Å². The van der Waals surface area contributed by atoms with Gasteiger partial charge >= 0.3 is 0 Å². The van der Waals surface area contributed by atoms with E-state index >= 15 is 0 Å². The Morgan fingerprint density at radius 1 is 1.36 bits per heavy atom. The third-order valence-corrected chi connectivity index (χ3v) is 4.33. The zero-order valence-corrected chi connectivity index (χ0v) is 12.8. The highest BCUT2D eigenvalue weighted by Gasteiger charge is 2.27. The Morgan fingerprint density at radius 2 is 2.14 bits per heavy atom. The smallest absolute Gasteiger partial charge is 0.158 e. The van der Waals surface area contributed by atoms with Crippen LogP contribution in [0.25, 0.3) is 5.69 Å². The summed E-state index contributed by atoms with van der Waals surface area (Å²) in [5, 5.41) is 24.5. The van der Waals surface area contributed by atoms with Gasteiger partial charge in [0.05, 0.1) is 17.3 Å². The minimum atomic E-state index is 0.321.